The number of amides is 3. The van der Waals surface area contributed by atoms with Crippen molar-refractivity contribution in [2.75, 3.05) is 37.3 Å². The van der Waals surface area contributed by atoms with E-state index < -0.39 is 23.3 Å². The monoisotopic (exact) mass is 508 g/mol. The molecule has 1 fully saturated rings. The predicted octanol–water partition coefficient (Wildman–Crippen LogP) is 1.92. The first kappa shape index (κ1) is 26.1. The van der Waals surface area contributed by atoms with Crippen molar-refractivity contribution in [2.24, 2.45) is 0 Å². The molecule has 9 nitrogen and oxygen atoms in total. The van der Waals surface area contributed by atoms with Crippen LogP contribution in [0.1, 0.15) is 26.3 Å². The molecule has 0 spiro atoms. The summed E-state index contributed by atoms with van der Waals surface area (Å²) in [7, 11) is 0. The molecular formula is C23H29ClN4O5S. The van der Waals surface area contributed by atoms with E-state index in [9.17, 15) is 19.2 Å². The van der Waals surface area contributed by atoms with Gasteiger partial charge in [-0.3, -0.25) is 19.3 Å². The van der Waals surface area contributed by atoms with Crippen LogP contribution in [0.3, 0.4) is 0 Å². The molecule has 0 saturated carbocycles. The molecule has 3 rings (SSSR count). The minimum Gasteiger partial charge on any atom is -0.460 e. The molecule has 2 heterocycles. The minimum absolute atomic E-state index is 0.00548. The summed E-state index contributed by atoms with van der Waals surface area (Å²) >= 11 is 7.66. The third-order valence-electron chi connectivity index (χ3n) is 5.65. The summed E-state index contributed by atoms with van der Waals surface area (Å²) in [6.07, 6.45) is -0.00548. The van der Waals surface area contributed by atoms with E-state index >= 15 is 0 Å². The number of β-lactam (4-membered cyclic amide) rings is 1. The van der Waals surface area contributed by atoms with E-state index in [-0.39, 0.29) is 35.6 Å². The van der Waals surface area contributed by atoms with Crippen molar-refractivity contribution in [3.05, 3.63) is 40.6 Å². The van der Waals surface area contributed by atoms with E-state index in [2.05, 4.69) is 15.5 Å². The topological polar surface area (TPSA) is 108 Å². The molecule has 0 radical (unpaired) electrons. The Kier molecular flexibility index (Phi) is 8.98. The van der Waals surface area contributed by atoms with Gasteiger partial charge < -0.3 is 20.3 Å². The number of nitrogens with one attached hydrogen (secondary N) is 2. The highest BCUT2D eigenvalue weighted by molar-refractivity contribution is 8.00. The quantitative estimate of drug-likeness (QED) is 0.367. The van der Waals surface area contributed by atoms with Gasteiger partial charge in [-0.1, -0.05) is 43.6 Å². The zero-order valence-electron chi connectivity index (χ0n) is 19.4. The number of benzene rings is 1. The summed E-state index contributed by atoms with van der Waals surface area (Å²) in [5.74, 6) is -1.30. The van der Waals surface area contributed by atoms with Crippen molar-refractivity contribution in [2.45, 2.75) is 38.6 Å². The highest BCUT2D eigenvalue weighted by Crippen LogP contribution is 2.41. The van der Waals surface area contributed by atoms with E-state index in [1.54, 1.807) is 24.3 Å². The van der Waals surface area contributed by atoms with E-state index in [4.69, 9.17) is 16.3 Å². The molecule has 184 valence electrons. The summed E-state index contributed by atoms with van der Waals surface area (Å²) in [6.45, 7) is 7.92. The molecule has 0 aromatic heterocycles. The summed E-state index contributed by atoms with van der Waals surface area (Å²) in [4.78, 5) is 53.1. The lowest BCUT2D eigenvalue weighted by Gasteiger charge is -2.49. The van der Waals surface area contributed by atoms with Gasteiger partial charge in [0, 0.05) is 24.9 Å². The zero-order valence-corrected chi connectivity index (χ0v) is 21.0. The maximum Gasteiger partial charge on any atom is 0.356 e. The van der Waals surface area contributed by atoms with Gasteiger partial charge in [-0.15, -0.1) is 11.8 Å². The van der Waals surface area contributed by atoms with Gasteiger partial charge in [-0.2, -0.15) is 0 Å². The van der Waals surface area contributed by atoms with Crippen LogP contribution in [-0.2, 0) is 30.3 Å². The molecule has 0 aliphatic carbocycles. The summed E-state index contributed by atoms with van der Waals surface area (Å²) in [5.41, 5.74) is 1.23. The Morgan fingerprint density at radius 3 is 2.62 bits per heavy atom. The fourth-order valence-corrected chi connectivity index (χ4v) is 5.38. The number of fused-ring (bicyclic) bond motifs is 1. The molecule has 0 bridgehead atoms. The molecule has 1 saturated heterocycles. The van der Waals surface area contributed by atoms with Crippen LogP contribution in [0, 0.1) is 0 Å². The van der Waals surface area contributed by atoms with Crippen LogP contribution >= 0.6 is 23.4 Å². The van der Waals surface area contributed by atoms with Gasteiger partial charge in [0.1, 0.15) is 23.7 Å². The lowest BCUT2D eigenvalue weighted by molar-refractivity contribution is -0.153. The Morgan fingerprint density at radius 2 is 1.94 bits per heavy atom. The molecule has 2 aliphatic rings. The average Bonchev–Trinajstić information content (AvgIpc) is 2.81. The number of thioether (sulfide) groups is 1. The normalized spacial score (nSPS) is 19.4. The van der Waals surface area contributed by atoms with Gasteiger partial charge in [0.2, 0.25) is 11.8 Å². The van der Waals surface area contributed by atoms with Crippen LogP contribution < -0.4 is 10.6 Å². The van der Waals surface area contributed by atoms with Crippen LogP contribution in [0.5, 0.6) is 0 Å². The number of esters is 1. The highest BCUT2D eigenvalue weighted by Gasteiger charge is 2.54. The number of para-hydroxylation sites is 1. The van der Waals surface area contributed by atoms with Crippen LogP contribution in [-0.4, -0.2) is 76.9 Å². The number of ether oxygens (including phenoxy) is 1. The summed E-state index contributed by atoms with van der Waals surface area (Å²) in [6, 6.07) is 6.21. The maximum atomic E-state index is 12.9. The van der Waals surface area contributed by atoms with E-state index in [0.717, 1.165) is 13.1 Å². The fraction of sp³-hybridized carbons (Fsp3) is 0.478. The van der Waals surface area contributed by atoms with Crippen LogP contribution in [0.25, 0.3) is 0 Å². The molecule has 1 aromatic carbocycles. The van der Waals surface area contributed by atoms with Gasteiger partial charge >= 0.3 is 5.97 Å². The highest BCUT2D eigenvalue weighted by atomic mass is 35.5. The lowest BCUT2D eigenvalue weighted by Crippen LogP contribution is -2.70. The number of carbonyl (C=O) groups is 4. The van der Waals surface area contributed by atoms with E-state index in [0.29, 0.717) is 23.5 Å². The van der Waals surface area contributed by atoms with E-state index in [1.807, 2.05) is 13.8 Å². The Hall–Kier alpha value is -2.56. The first-order valence-electron chi connectivity index (χ1n) is 11.1. The summed E-state index contributed by atoms with van der Waals surface area (Å²) < 4.78 is 5.38. The number of halogens is 1. The molecule has 2 N–H and O–H groups in total. The molecule has 2 atom stereocenters. The molecule has 3 amide bonds. The lowest BCUT2D eigenvalue weighted by atomic mass is 10.0. The number of hydrogen-bond acceptors (Lipinski definition) is 7. The van der Waals surface area contributed by atoms with E-state index in [1.165, 1.54) is 23.6 Å². The first-order chi connectivity index (χ1) is 16.3. The second-order valence-electron chi connectivity index (χ2n) is 7.89. The minimum atomic E-state index is -0.770. The Morgan fingerprint density at radius 1 is 1.24 bits per heavy atom. The zero-order chi connectivity index (χ0) is 24.8. The van der Waals surface area contributed by atoms with Gasteiger partial charge in [-0.05, 0) is 24.7 Å². The Balaban J connectivity index is 1.61. The third-order valence-corrected chi connectivity index (χ3v) is 7.40. The van der Waals surface area contributed by atoms with Gasteiger partial charge in [0.05, 0.1) is 11.5 Å². The van der Waals surface area contributed by atoms with Gasteiger partial charge in [0.25, 0.3) is 5.91 Å². The first-order valence-corrected chi connectivity index (χ1v) is 12.6. The van der Waals surface area contributed by atoms with Crippen LogP contribution in [0.2, 0.25) is 0 Å². The maximum absolute atomic E-state index is 12.9. The Bertz CT molecular complexity index is 997. The average molecular weight is 509 g/mol. The summed E-state index contributed by atoms with van der Waals surface area (Å²) in [5, 5.41) is 5.27. The van der Waals surface area contributed by atoms with Crippen molar-refractivity contribution in [3.63, 3.8) is 0 Å². The standard InChI is InChI=1S/C23H29ClN4O5S/c1-4-27(5-2)10-11-33-23(32)20-16(24)13-34-22-19(21(31)28(20)22)26-18(30)12-15-8-6-7-9-17(15)25-14(3)29/h6-9,19,22H,4-5,10-13H2,1-3H3,(H,25,29)(H,26,30). The number of carbonyl (C=O) groups excluding carboxylic acids is 4. The third kappa shape index (κ3) is 5.92. The van der Waals surface area contributed by atoms with Crippen molar-refractivity contribution < 1.29 is 23.9 Å². The number of rotatable bonds is 10. The molecular weight excluding hydrogens is 480 g/mol. The van der Waals surface area contributed by atoms with Crippen molar-refractivity contribution in [1.82, 2.24) is 15.1 Å². The fourth-order valence-electron chi connectivity index (χ4n) is 3.83. The van der Waals surface area contributed by atoms with Crippen molar-refractivity contribution in [3.8, 4) is 0 Å². The number of anilines is 1. The molecule has 34 heavy (non-hydrogen) atoms. The second kappa shape index (κ2) is 11.7. The largest absolute Gasteiger partial charge is 0.460 e. The Labute approximate surface area is 208 Å². The predicted molar refractivity (Wildman–Crippen MR) is 131 cm³/mol. The molecule has 1 aromatic rings. The van der Waals surface area contributed by atoms with Crippen LogP contribution in [0.15, 0.2) is 35.0 Å². The van der Waals surface area contributed by atoms with Crippen molar-refractivity contribution in [1.29, 1.82) is 0 Å². The van der Waals surface area contributed by atoms with Gasteiger partial charge in [0.15, 0.2) is 0 Å². The SMILES string of the molecule is CCN(CC)CCOC(=O)C1=C(Cl)CSC2C(NC(=O)Cc3ccccc3NC(C)=O)C(=O)N12. The smallest absolute Gasteiger partial charge is 0.356 e. The second-order valence-corrected chi connectivity index (χ2v) is 9.45. The number of hydrogen-bond donors (Lipinski definition) is 2. The van der Waals surface area contributed by atoms with Gasteiger partial charge in [-0.25, -0.2) is 4.79 Å². The van der Waals surface area contributed by atoms with Crippen molar-refractivity contribution >= 4 is 52.7 Å². The molecule has 2 unspecified atom stereocenters. The number of likely N-dealkylation sites (N-methyl/N-ethyl adjacent to an activating group) is 1. The molecule has 2 aliphatic heterocycles. The number of nitrogens with zero attached hydrogens (tertiary/aromatic N) is 2. The van der Waals surface area contributed by atoms with Crippen LogP contribution in [0.4, 0.5) is 5.69 Å². The molecule has 11 heteroatoms.